The molecule has 6 aromatic heterocycles. The molecule has 4 N–H and O–H groups in total. The Bertz CT molecular complexity index is 3720. The molecule has 0 fully saturated rings. The van der Waals surface area contributed by atoms with E-state index >= 15 is 0 Å². The van der Waals surface area contributed by atoms with Gasteiger partial charge in [0.2, 0.25) is 0 Å². The van der Waals surface area contributed by atoms with E-state index in [1.807, 2.05) is 0 Å². The van der Waals surface area contributed by atoms with Gasteiger partial charge in [0.1, 0.15) is 0 Å². The van der Waals surface area contributed by atoms with Crippen LogP contribution in [0.4, 0.5) is 0 Å². The molecule has 424 valence electrons. The smallest absolute Gasteiger partial charge is 0.0728 e. The van der Waals surface area contributed by atoms with Crippen LogP contribution in [0, 0.1) is 0 Å². The first-order valence-corrected chi connectivity index (χ1v) is 31.9. The Morgan fingerprint density at radius 3 is 0.667 bits per heavy atom. The maximum Gasteiger partial charge on any atom is 0.0728 e. The molecular formula is C73H92N8. The second kappa shape index (κ2) is 24.0. The predicted molar refractivity (Wildman–Crippen MR) is 349 cm³/mol. The largest absolute Gasteiger partial charge is 0.355 e. The predicted octanol–water partition coefficient (Wildman–Crippen LogP) is 20.0. The van der Waals surface area contributed by atoms with Crippen LogP contribution in [-0.2, 0) is 57.8 Å². The zero-order valence-electron chi connectivity index (χ0n) is 52.3. The number of H-pyrrole nitrogens is 4. The van der Waals surface area contributed by atoms with E-state index in [0.717, 1.165) is 170 Å². The quantitative estimate of drug-likeness (QED) is 0.0686. The number of hydrogen-bond donors (Lipinski definition) is 4. The summed E-state index contributed by atoms with van der Waals surface area (Å²) in [6, 6.07) is 14.3. The minimum atomic E-state index is 0.618. The molecule has 0 atom stereocenters. The third kappa shape index (κ3) is 9.54. The fourth-order valence-electron chi connectivity index (χ4n) is 15.1. The molecule has 0 saturated carbocycles. The lowest BCUT2D eigenvalue weighted by molar-refractivity contribution is 1.05. The fourth-order valence-corrected chi connectivity index (χ4v) is 15.1. The number of hydrogen-bond acceptors (Lipinski definition) is 4. The van der Waals surface area contributed by atoms with Crippen LogP contribution in [0.2, 0.25) is 0 Å². The van der Waals surface area contributed by atoms with Gasteiger partial charge in [-0.3, -0.25) is 0 Å². The molecule has 0 radical (unpaired) electrons. The average Bonchev–Trinajstić information content (AvgIpc) is 4.38. The van der Waals surface area contributed by atoms with Crippen molar-refractivity contribution in [3.63, 3.8) is 0 Å². The van der Waals surface area contributed by atoms with Crippen LogP contribution < -0.4 is 0 Å². The summed E-state index contributed by atoms with van der Waals surface area (Å²) >= 11 is 0. The molecule has 0 unspecified atom stereocenters. The lowest BCUT2D eigenvalue weighted by Crippen LogP contribution is -2.03. The van der Waals surface area contributed by atoms with E-state index < -0.39 is 0 Å². The number of nitrogens with one attached hydrogen (secondary N) is 4. The monoisotopic (exact) mass is 1080 g/mol. The lowest BCUT2D eigenvalue weighted by Gasteiger charge is -2.14. The first kappa shape index (κ1) is 57.4. The van der Waals surface area contributed by atoms with Crippen molar-refractivity contribution in [3.05, 3.63) is 138 Å². The summed E-state index contributed by atoms with van der Waals surface area (Å²) in [6.45, 7) is 37.1. The molecule has 8 nitrogen and oxygen atoms in total. The lowest BCUT2D eigenvalue weighted by atomic mass is 9.90. The topological polar surface area (TPSA) is 115 Å². The summed E-state index contributed by atoms with van der Waals surface area (Å²) < 4.78 is 0. The summed E-state index contributed by atoms with van der Waals surface area (Å²) in [7, 11) is 0. The first-order chi connectivity index (χ1) is 39.4. The molecule has 4 aliphatic rings. The van der Waals surface area contributed by atoms with Crippen molar-refractivity contribution in [2.24, 2.45) is 0 Å². The highest BCUT2D eigenvalue weighted by Gasteiger charge is 2.30. The Kier molecular flexibility index (Phi) is 17.0. The summed E-state index contributed by atoms with van der Waals surface area (Å²) in [6.07, 6.45) is 15.0. The summed E-state index contributed by atoms with van der Waals surface area (Å²) in [5.74, 6) is 0. The standard InChI is InChI=1S/C73H92N8/c1-17-40-44(21-5)62-36-66-48(25-9)52(29-13)70(78-66)56(71-53(30-14)49(26-10)67(79-71)37-63-45(22-6)41(18-2)59(75-63)34-58(40)74-62)33-57-72-54(31-15)50(27-11)68(80-72)38-64-46(23-7)42(19-3)60(76-64)35-61-43(20-4)47(24-8)65(77-61)39-69-51(28-12)55(32-16)73(57)81-69/h34-39,74,76,79,81H,17-33H2,1-16H3. The van der Waals surface area contributed by atoms with Crippen molar-refractivity contribution in [3.8, 4) is 0 Å². The molecule has 0 aliphatic carbocycles. The van der Waals surface area contributed by atoms with Gasteiger partial charge >= 0.3 is 0 Å². The molecule has 4 aliphatic heterocycles. The zero-order chi connectivity index (χ0) is 57.6. The van der Waals surface area contributed by atoms with Crippen LogP contribution in [0.5, 0.6) is 0 Å². The van der Waals surface area contributed by atoms with Crippen LogP contribution in [-0.4, -0.2) is 39.9 Å². The van der Waals surface area contributed by atoms with Crippen molar-refractivity contribution in [1.82, 2.24) is 39.9 Å². The van der Waals surface area contributed by atoms with Crippen molar-refractivity contribution in [2.45, 2.75) is 220 Å². The van der Waals surface area contributed by atoms with E-state index in [4.69, 9.17) is 19.9 Å². The second-order valence-corrected chi connectivity index (χ2v) is 22.5. The van der Waals surface area contributed by atoms with Crippen LogP contribution in [0.1, 0.15) is 263 Å². The van der Waals surface area contributed by atoms with Gasteiger partial charge in [-0.15, -0.1) is 0 Å². The molecule has 0 spiro atoms. The minimum absolute atomic E-state index is 0.618. The third-order valence-electron chi connectivity index (χ3n) is 18.8. The fraction of sp³-hybridized carbons (Fsp3) is 0.452. The molecule has 8 heteroatoms. The van der Waals surface area contributed by atoms with E-state index in [2.05, 4.69) is 167 Å². The third-order valence-corrected chi connectivity index (χ3v) is 18.8. The minimum Gasteiger partial charge on any atom is -0.355 e. The molecule has 6 aromatic rings. The van der Waals surface area contributed by atoms with Crippen molar-refractivity contribution < 1.29 is 0 Å². The van der Waals surface area contributed by atoms with E-state index in [-0.39, 0.29) is 0 Å². The van der Waals surface area contributed by atoms with Crippen molar-refractivity contribution in [1.29, 1.82) is 0 Å². The van der Waals surface area contributed by atoms with Gasteiger partial charge in [0, 0.05) is 61.7 Å². The highest BCUT2D eigenvalue weighted by atomic mass is 14.8. The number of nitrogens with zero attached hydrogens (tertiary/aromatic N) is 4. The van der Waals surface area contributed by atoms with Crippen molar-refractivity contribution in [2.75, 3.05) is 0 Å². The van der Waals surface area contributed by atoms with E-state index in [0.29, 0.717) is 6.42 Å². The summed E-state index contributed by atoms with van der Waals surface area (Å²) in [4.78, 5) is 39.7. The van der Waals surface area contributed by atoms with Gasteiger partial charge < -0.3 is 19.9 Å². The Morgan fingerprint density at radius 1 is 0.222 bits per heavy atom. The molecule has 10 heterocycles. The molecule has 0 saturated heterocycles. The SMILES string of the molecule is CCC1=C(CC)c2cc3[nH]c(c(Cc4c5nc(cc6[nH]c(cc7nc(cc8[nH]c4c(CC)c8CC)C(CC)=C7CC)c(CC)c6CC)C(CC)=C5CC)c4nc(cc5[nH]c(cc1n2)c(CC)c5CC)C(CC)=C4CC)c(CC)c3CC. The molecular weight excluding hydrogens is 989 g/mol. The number of fused-ring (bicyclic) bond motifs is 16. The van der Waals surface area contributed by atoms with Gasteiger partial charge in [0.05, 0.1) is 45.6 Å². The van der Waals surface area contributed by atoms with Gasteiger partial charge in [-0.2, -0.15) is 0 Å². The highest BCUT2D eigenvalue weighted by molar-refractivity contribution is 6.00. The molecule has 16 bridgehead atoms. The summed E-state index contributed by atoms with van der Waals surface area (Å²) in [5, 5.41) is 0. The second-order valence-electron chi connectivity index (χ2n) is 22.5. The van der Waals surface area contributed by atoms with E-state index in [9.17, 15) is 0 Å². The van der Waals surface area contributed by atoms with Crippen LogP contribution in [0.25, 0.3) is 88.7 Å². The van der Waals surface area contributed by atoms with Gasteiger partial charge in [0.15, 0.2) is 0 Å². The van der Waals surface area contributed by atoms with Gasteiger partial charge in [0.25, 0.3) is 0 Å². The summed E-state index contributed by atoms with van der Waals surface area (Å²) in [5.41, 5.74) is 42.1. The maximum atomic E-state index is 6.01. The Morgan fingerprint density at radius 2 is 0.432 bits per heavy atom. The maximum absolute atomic E-state index is 6.01. The first-order valence-electron chi connectivity index (χ1n) is 31.9. The normalized spacial score (nSPS) is 13.8. The van der Waals surface area contributed by atoms with Gasteiger partial charge in [-0.05, 0) is 228 Å². The number of aryl methyl sites for hydroxylation is 8. The van der Waals surface area contributed by atoms with Gasteiger partial charge in [-0.1, -0.05) is 111 Å². The number of allylic oxidation sites excluding steroid dienone is 8. The van der Waals surface area contributed by atoms with Crippen LogP contribution in [0.3, 0.4) is 0 Å². The molecule has 0 aromatic carbocycles. The van der Waals surface area contributed by atoms with E-state index in [1.165, 1.54) is 122 Å². The number of rotatable bonds is 18. The Balaban J connectivity index is 1.47. The molecule has 0 amide bonds. The number of aromatic amines is 4. The van der Waals surface area contributed by atoms with Crippen LogP contribution in [0.15, 0.2) is 36.4 Å². The van der Waals surface area contributed by atoms with Gasteiger partial charge in [-0.25, -0.2) is 19.9 Å². The number of aromatic nitrogens is 8. The molecule has 81 heavy (non-hydrogen) atoms. The average molecular weight is 1080 g/mol. The highest BCUT2D eigenvalue weighted by Crippen LogP contribution is 2.45. The zero-order valence-corrected chi connectivity index (χ0v) is 52.3. The van der Waals surface area contributed by atoms with Crippen LogP contribution >= 0.6 is 0 Å². The van der Waals surface area contributed by atoms with E-state index in [1.54, 1.807) is 0 Å². The Labute approximate surface area is 483 Å². The Hall–Kier alpha value is -6.80. The van der Waals surface area contributed by atoms with Crippen molar-refractivity contribution >= 4 is 88.7 Å². The molecule has 10 rings (SSSR count).